The molecule has 12 aromatic carbocycles. The first kappa shape index (κ1) is 45.0. The standard InChI is InChI=1S/C72H46B2N2O3Si/c1-4-23-47(24-5-1)80(48-25-6-2-7-26-48,49-27-8-3-9-28-49)50-43-44-66-57(45-50)73-55-33-14-20-41-64(55)77-67-46-68-71(72(79-66)70(67)73)74(56-34-15-21-42-65(56)78-68)69-62(75-58-35-16-10-29-51(58)52-30-11-17-36-59(52)75)39-22-40-63(69)76-60-37-18-12-31-53(60)54-32-13-19-38-61(54)76/h1-46H. The largest absolute Gasteiger partial charge is 0.459 e. The summed E-state index contributed by atoms with van der Waals surface area (Å²) in [5, 5.41) is 10.0. The molecule has 0 amide bonds. The summed E-state index contributed by atoms with van der Waals surface area (Å²) >= 11 is 0. The number of rotatable bonds is 7. The van der Waals surface area contributed by atoms with Gasteiger partial charge >= 0.3 is 0 Å². The minimum absolute atomic E-state index is 0.241. The molecule has 0 atom stereocenters. The van der Waals surface area contributed by atoms with Gasteiger partial charge in [0.2, 0.25) is 0 Å². The lowest BCUT2D eigenvalue weighted by Crippen LogP contribution is -2.75. The molecule has 5 heterocycles. The summed E-state index contributed by atoms with van der Waals surface area (Å²) in [5.41, 5.74) is 13.0. The van der Waals surface area contributed by atoms with Crippen LogP contribution in [0.5, 0.6) is 34.5 Å². The fraction of sp³-hybridized carbons (Fsp3) is 0. The highest BCUT2D eigenvalue weighted by atomic mass is 28.3. The summed E-state index contributed by atoms with van der Waals surface area (Å²) < 4.78 is 27.1. The second kappa shape index (κ2) is 17.5. The van der Waals surface area contributed by atoms with Crippen molar-refractivity contribution in [3.8, 4) is 45.9 Å². The van der Waals surface area contributed by atoms with Crippen molar-refractivity contribution in [2.45, 2.75) is 0 Å². The number of hydrogen-bond acceptors (Lipinski definition) is 3. The van der Waals surface area contributed by atoms with E-state index in [1.807, 2.05) is 0 Å². The van der Waals surface area contributed by atoms with Crippen molar-refractivity contribution in [1.29, 1.82) is 0 Å². The zero-order chi connectivity index (χ0) is 52.5. The molecule has 0 aliphatic carbocycles. The van der Waals surface area contributed by atoms with Gasteiger partial charge < -0.3 is 23.3 Å². The van der Waals surface area contributed by atoms with Crippen LogP contribution in [-0.4, -0.2) is 30.6 Å². The van der Waals surface area contributed by atoms with Crippen molar-refractivity contribution in [3.63, 3.8) is 0 Å². The molecule has 0 spiro atoms. The summed E-state index contributed by atoms with van der Waals surface area (Å²) in [6.45, 7) is -0.649. The maximum atomic E-state index is 7.77. The molecule has 0 saturated heterocycles. The van der Waals surface area contributed by atoms with Gasteiger partial charge in [-0.1, -0.05) is 218 Å². The Morgan fingerprint density at radius 1 is 0.263 bits per heavy atom. The van der Waals surface area contributed by atoms with E-state index in [2.05, 4.69) is 288 Å². The van der Waals surface area contributed by atoms with Gasteiger partial charge in [0.25, 0.3) is 13.4 Å². The number of aromatic nitrogens is 2. The van der Waals surface area contributed by atoms with Gasteiger partial charge in [0.1, 0.15) is 34.5 Å². The normalized spacial score (nSPS) is 13.0. The maximum absolute atomic E-state index is 7.77. The van der Waals surface area contributed by atoms with Crippen LogP contribution < -0.4 is 67.7 Å². The van der Waals surface area contributed by atoms with E-state index in [0.717, 1.165) is 95.0 Å². The SMILES string of the molecule is c1ccc([Si](c2ccccc2)(c2ccccc2)c2ccc3c(c2)B2c4ccccc4Oc4cc5c(c(c42)O3)B(c2c(-n3c4ccccc4c4ccccc43)cccc2-n2c3ccccc3c3ccccc32)c2ccccc2O5)cc1. The summed E-state index contributed by atoms with van der Waals surface area (Å²) in [7, 11) is -2.95. The zero-order valence-corrected chi connectivity index (χ0v) is 44.3. The van der Waals surface area contributed by atoms with E-state index in [4.69, 9.17) is 14.2 Å². The van der Waals surface area contributed by atoms with Gasteiger partial charge in [-0.3, -0.25) is 0 Å². The summed E-state index contributed by atoms with van der Waals surface area (Å²) in [6.07, 6.45) is 0. The Morgan fingerprint density at radius 3 is 1.12 bits per heavy atom. The second-order valence-electron chi connectivity index (χ2n) is 21.3. The first-order valence-electron chi connectivity index (χ1n) is 27.6. The third-order valence-corrected chi connectivity index (χ3v) is 22.1. The molecule has 0 radical (unpaired) electrons. The fourth-order valence-electron chi connectivity index (χ4n) is 14.1. The molecule has 2 aromatic heterocycles. The topological polar surface area (TPSA) is 37.5 Å². The summed E-state index contributed by atoms with van der Waals surface area (Å²) in [5.74, 6) is 4.63. The van der Waals surface area contributed by atoms with Crippen LogP contribution in [0.2, 0.25) is 0 Å². The van der Waals surface area contributed by atoms with Crippen molar-refractivity contribution < 1.29 is 14.2 Å². The van der Waals surface area contributed by atoms with Gasteiger partial charge in [-0.15, -0.1) is 0 Å². The van der Waals surface area contributed by atoms with Crippen molar-refractivity contribution in [3.05, 3.63) is 279 Å². The predicted molar refractivity (Wildman–Crippen MR) is 334 cm³/mol. The van der Waals surface area contributed by atoms with Crippen molar-refractivity contribution in [2.75, 3.05) is 0 Å². The van der Waals surface area contributed by atoms with E-state index >= 15 is 0 Å². The third-order valence-electron chi connectivity index (χ3n) is 17.3. The highest BCUT2D eigenvalue weighted by molar-refractivity contribution is 7.20. The number of hydrogen-bond donors (Lipinski definition) is 0. The van der Waals surface area contributed by atoms with Crippen molar-refractivity contribution in [1.82, 2.24) is 9.13 Å². The fourth-order valence-corrected chi connectivity index (χ4v) is 18.9. The molecular weight excluding hydrogens is 991 g/mol. The van der Waals surface area contributed by atoms with Crippen molar-refractivity contribution in [2.24, 2.45) is 0 Å². The minimum Gasteiger partial charge on any atom is -0.459 e. The Bertz CT molecular complexity index is 4510. The smallest absolute Gasteiger partial charge is 0.261 e. The van der Waals surface area contributed by atoms with Gasteiger partial charge in [-0.05, 0) is 97.2 Å². The Balaban J connectivity index is 0.976. The van der Waals surface area contributed by atoms with Gasteiger partial charge in [-0.25, -0.2) is 0 Å². The van der Waals surface area contributed by atoms with E-state index < -0.39 is 14.8 Å². The first-order valence-corrected chi connectivity index (χ1v) is 29.6. The first-order chi connectivity index (χ1) is 39.7. The number of benzene rings is 12. The monoisotopic (exact) mass is 1040 g/mol. The highest BCUT2D eigenvalue weighted by Crippen LogP contribution is 2.42. The predicted octanol–water partition coefficient (Wildman–Crippen LogP) is 10.6. The average molecular weight is 1040 g/mol. The number of ether oxygens (including phenoxy) is 3. The van der Waals surface area contributed by atoms with Crippen LogP contribution in [0.15, 0.2) is 279 Å². The third kappa shape index (κ3) is 6.36. The molecule has 5 nitrogen and oxygen atoms in total. The molecular formula is C72H46B2N2O3Si. The molecule has 14 aromatic rings. The molecule has 3 aliphatic rings. The van der Waals surface area contributed by atoms with E-state index in [-0.39, 0.29) is 6.71 Å². The second-order valence-corrected chi connectivity index (χ2v) is 25.1. The maximum Gasteiger partial charge on any atom is 0.261 e. The molecule has 0 N–H and O–H groups in total. The lowest BCUT2D eigenvalue weighted by molar-refractivity contribution is 0.447. The van der Waals surface area contributed by atoms with Crippen LogP contribution in [0.25, 0.3) is 55.0 Å². The Morgan fingerprint density at radius 2 is 0.650 bits per heavy atom. The molecule has 17 rings (SSSR count). The zero-order valence-electron chi connectivity index (χ0n) is 43.3. The van der Waals surface area contributed by atoms with Gasteiger partial charge in [0.05, 0.1) is 22.1 Å². The number of nitrogens with zero attached hydrogens (tertiary/aromatic N) is 2. The summed E-state index contributed by atoms with van der Waals surface area (Å²) in [4.78, 5) is 0. The van der Waals surface area contributed by atoms with Crippen molar-refractivity contribution >= 4 is 119 Å². The molecule has 372 valence electrons. The van der Waals surface area contributed by atoms with Crippen LogP contribution in [0.4, 0.5) is 0 Å². The van der Waals surface area contributed by atoms with E-state index in [9.17, 15) is 0 Å². The van der Waals surface area contributed by atoms with Gasteiger partial charge in [0.15, 0.2) is 8.07 Å². The lowest BCUT2D eigenvalue weighted by Gasteiger charge is -2.39. The molecule has 0 saturated carbocycles. The quantitative estimate of drug-likeness (QED) is 0.118. The highest BCUT2D eigenvalue weighted by Gasteiger charge is 2.49. The molecule has 8 heteroatoms. The van der Waals surface area contributed by atoms with Gasteiger partial charge in [0, 0.05) is 49.9 Å². The van der Waals surface area contributed by atoms with Crippen LogP contribution >= 0.6 is 0 Å². The molecule has 0 unspecified atom stereocenters. The number of fused-ring (bicyclic) bond motifs is 13. The molecule has 80 heavy (non-hydrogen) atoms. The Kier molecular flexibility index (Phi) is 9.85. The number of para-hydroxylation sites is 6. The van der Waals surface area contributed by atoms with Crippen LogP contribution in [0.3, 0.4) is 0 Å². The lowest BCUT2D eigenvalue weighted by atomic mass is 9.31. The van der Waals surface area contributed by atoms with E-state index in [1.54, 1.807) is 0 Å². The molecule has 3 aliphatic heterocycles. The van der Waals surface area contributed by atoms with Crippen LogP contribution in [0, 0.1) is 0 Å². The van der Waals surface area contributed by atoms with Gasteiger partial charge in [-0.2, -0.15) is 0 Å². The molecule has 0 fully saturated rings. The summed E-state index contributed by atoms with van der Waals surface area (Å²) in [6, 6.07) is 102. The molecule has 0 bridgehead atoms. The Labute approximate surface area is 464 Å². The van der Waals surface area contributed by atoms with Crippen LogP contribution in [0.1, 0.15) is 0 Å². The van der Waals surface area contributed by atoms with E-state index in [1.165, 1.54) is 42.3 Å². The Hall–Kier alpha value is -10.0. The minimum atomic E-state index is -2.95. The van der Waals surface area contributed by atoms with E-state index in [0.29, 0.717) is 5.75 Å². The van der Waals surface area contributed by atoms with Crippen LogP contribution in [-0.2, 0) is 0 Å². The average Bonchev–Trinajstić information content (AvgIpc) is 4.08.